The van der Waals surface area contributed by atoms with E-state index < -0.39 is 6.10 Å². The number of nitrogens with two attached hydrogens (primary N) is 1. The number of anilines is 2. The molecule has 2 rings (SSSR count). The van der Waals surface area contributed by atoms with Crippen LogP contribution in [0.2, 0.25) is 0 Å². The Balaban J connectivity index is 2.41. The standard InChI is InChI=1S/C10H14N4OS/c1-5(15)4-12-8-7-3-6(2)16-9(7)14-10(11)13-8/h3,5,15H,4H2,1-2H3,(H3,11,12,13,14). The number of aliphatic hydroxyl groups excluding tert-OH is 1. The van der Waals surface area contributed by atoms with Crippen LogP contribution in [0.15, 0.2) is 6.07 Å². The van der Waals surface area contributed by atoms with Gasteiger partial charge in [-0.1, -0.05) is 0 Å². The van der Waals surface area contributed by atoms with Crippen LogP contribution in [0.4, 0.5) is 11.8 Å². The van der Waals surface area contributed by atoms with Gasteiger partial charge >= 0.3 is 0 Å². The molecule has 0 spiro atoms. The van der Waals surface area contributed by atoms with Crippen molar-refractivity contribution in [1.29, 1.82) is 0 Å². The highest BCUT2D eigenvalue weighted by Crippen LogP contribution is 2.28. The van der Waals surface area contributed by atoms with E-state index in [1.165, 1.54) is 0 Å². The van der Waals surface area contributed by atoms with Gasteiger partial charge in [-0.05, 0) is 19.9 Å². The zero-order valence-corrected chi connectivity index (χ0v) is 10.0. The fraction of sp³-hybridized carbons (Fsp3) is 0.400. The van der Waals surface area contributed by atoms with E-state index in [0.29, 0.717) is 12.4 Å². The number of aromatic nitrogens is 2. The van der Waals surface area contributed by atoms with E-state index >= 15 is 0 Å². The Labute approximate surface area is 97.3 Å². The summed E-state index contributed by atoms with van der Waals surface area (Å²) in [5, 5.41) is 13.2. The monoisotopic (exact) mass is 238 g/mol. The minimum Gasteiger partial charge on any atom is -0.392 e. The summed E-state index contributed by atoms with van der Waals surface area (Å²) in [6, 6.07) is 2.02. The van der Waals surface area contributed by atoms with Crippen molar-refractivity contribution in [2.45, 2.75) is 20.0 Å². The second-order valence-corrected chi connectivity index (χ2v) is 4.97. The molecule has 0 aliphatic carbocycles. The van der Waals surface area contributed by atoms with E-state index in [4.69, 9.17) is 5.73 Å². The molecule has 5 nitrogen and oxygen atoms in total. The second-order valence-electron chi connectivity index (χ2n) is 3.74. The highest BCUT2D eigenvalue weighted by Gasteiger charge is 2.09. The second kappa shape index (κ2) is 4.23. The number of aryl methyl sites for hydroxylation is 1. The average Bonchev–Trinajstić information content (AvgIpc) is 2.54. The molecule has 0 fully saturated rings. The molecule has 1 unspecified atom stereocenters. The van der Waals surface area contributed by atoms with E-state index in [1.807, 2.05) is 13.0 Å². The predicted molar refractivity (Wildman–Crippen MR) is 66.7 cm³/mol. The molecule has 0 bridgehead atoms. The maximum absolute atomic E-state index is 9.23. The van der Waals surface area contributed by atoms with Crippen molar-refractivity contribution in [2.75, 3.05) is 17.6 Å². The van der Waals surface area contributed by atoms with Crippen molar-refractivity contribution >= 4 is 33.3 Å². The van der Waals surface area contributed by atoms with Gasteiger partial charge in [0.25, 0.3) is 0 Å². The molecule has 2 heterocycles. The summed E-state index contributed by atoms with van der Waals surface area (Å²) in [5.74, 6) is 0.940. The molecule has 0 amide bonds. The molecular formula is C10H14N4OS. The number of nitrogens with zero attached hydrogens (tertiary/aromatic N) is 2. The van der Waals surface area contributed by atoms with Crippen LogP contribution in [0.1, 0.15) is 11.8 Å². The Morgan fingerprint density at radius 3 is 3.00 bits per heavy atom. The third-order valence-electron chi connectivity index (χ3n) is 2.10. The summed E-state index contributed by atoms with van der Waals surface area (Å²) in [6.45, 7) is 4.18. The summed E-state index contributed by atoms with van der Waals surface area (Å²) in [4.78, 5) is 10.3. The summed E-state index contributed by atoms with van der Waals surface area (Å²) >= 11 is 1.58. The molecule has 0 aliphatic heterocycles. The number of fused-ring (bicyclic) bond motifs is 1. The van der Waals surface area contributed by atoms with E-state index in [1.54, 1.807) is 18.3 Å². The number of hydrogen-bond acceptors (Lipinski definition) is 6. The van der Waals surface area contributed by atoms with Gasteiger partial charge in [0.15, 0.2) is 0 Å². The minimum atomic E-state index is -0.425. The van der Waals surface area contributed by atoms with Crippen LogP contribution >= 0.6 is 11.3 Å². The number of nitrogens with one attached hydrogen (secondary N) is 1. The SMILES string of the molecule is Cc1cc2c(NCC(C)O)nc(N)nc2s1. The Morgan fingerprint density at radius 2 is 2.31 bits per heavy atom. The Kier molecular flexibility index (Phi) is 2.93. The number of nitrogen functional groups attached to an aromatic ring is 1. The normalized spacial score (nSPS) is 12.9. The summed E-state index contributed by atoms with van der Waals surface area (Å²) < 4.78 is 0. The van der Waals surface area contributed by atoms with Gasteiger partial charge in [-0.15, -0.1) is 11.3 Å². The summed E-state index contributed by atoms with van der Waals surface area (Å²) in [6.07, 6.45) is -0.425. The first-order chi connectivity index (χ1) is 7.56. The summed E-state index contributed by atoms with van der Waals surface area (Å²) in [5.41, 5.74) is 5.62. The van der Waals surface area contributed by atoms with Crippen LogP contribution in [0.25, 0.3) is 10.2 Å². The van der Waals surface area contributed by atoms with Crippen LogP contribution in [0.3, 0.4) is 0 Å². The Morgan fingerprint density at radius 1 is 1.56 bits per heavy atom. The van der Waals surface area contributed by atoms with Crippen LogP contribution in [0, 0.1) is 6.92 Å². The fourth-order valence-corrected chi connectivity index (χ4v) is 2.32. The molecule has 0 saturated heterocycles. The van der Waals surface area contributed by atoms with Gasteiger partial charge in [-0.25, -0.2) is 4.98 Å². The zero-order valence-electron chi connectivity index (χ0n) is 9.19. The molecule has 16 heavy (non-hydrogen) atoms. The average molecular weight is 238 g/mol. The van der Waals surface area contributed by atoms with Gasteiger partial charge < -0.3 is 16.2 Å². The molecule has 2 aromatic heterocycles. The molecule has 86 valence electrons. The van der Waals surface area contributed by atoms with Crippen molar-refractivity contribution in [3.8, 4) is 0 Å². The van der Waals surface area contributed by atoms with Crippen LogP contribution in [-0.2, 0) is 0 Å². The lowest BCUT2D eigenvalue weighted by Crippen LogP contribution is -2.16. The molecule has 1 atom stereocenters. The fourth-order valence-electron chi connectivity index (χ4n) is 1.44. The van der Waals surface area contributed by atoms with Crippen molar-refractivity contribution in [3.63, 3.8) is 0 Å². The molecule has 0 aliphatic rings. The topological polar surface area (TPSA) is 84.1 Å². The highest BCUT2D eigenvalue weighted by atomic mass is 32.1. The third-order valence-corrected chi connectivity index (χ3v) is 3.04. The van der Waals surface area contributed by atoms with Gasteiger partial charge in [-0.2, -0.15) is 4.98 Å². The maximum Gasteiger partial charge on any atom is 0.223 e. The number of aliphatic hydroxyl groups is 1. The van der Waals surface area contributed by atoms with Gasteiger partial charge in [0, 0.05) is 11.4 Å². The van der Waals surface area contributed by atoms with Crippen molar-refractivity contribution in [2.24, 2.45) is 0 Å². The quantitative estimate of drug-likeness (QED) is 0.752. The minimum absolute atomic E-state index is 0.252. The van der Waals surface area contributed by atoms with Crippen LogP contribution < -0.4 is 11.1 Å². The molecule has 0 radical (unpaired) electrons. The largest absolute Gasteiger partial charge is 0.392 e. The van der Waals surface area contributed by atoms with Gasteiger partial charge in [0.2, 0.25) is 5.95 Å². The lowest BCUT2D eigenvalue weighted by molar-refractivity contribution is 0.208. The number of hydrogen-bond donors (Lipinski definition) is 3. The first-order valence-corrected chi connectivity index (χ1v) is 5.83. The lowest BCUT2D eigenvalue weighted by Gasteiger charge is -2.08. The zero-order chi connectivity index (χ0) is 11.7. The van der Waals surface area contributed by atoms with E-state index in [-0.39, 0.29) is 5.95 Å². The lowest BCUT2D eigenvalue weighted by atomic mass is 10.3. The first-order valence-electron chi connectivity index (χ1n) is 5.02. The van der Waals surface area contributed by atoms with Crippen LogP contribution in [-0.4, -0.2) is 27.7 Å². The molecule has 0 saturated carbocycles. The highest BCUT2D eigenvalue weighted by molar-refractivity contribution is 7.18. The number of rotatable bonds is 3. The Bertz CT molecular complexity index is 509. The maximum atomic E-state index is 9.23. The van der Waals surface area contributed by atoms with E-state index in [9.17, 15) is 5.11 Å². The molecule has 6 heteroatoms. The van der Waals surface area contributed by atoms with Gasteiger partial charge in [0.05, 0.1) is 11.5 Å². The van der Waals surface area contributed by atoms with E-state index in [2.05, 4.69) is 15.3 Å². The van der Waals surface area contributed by atoms with E-state index in [0.717, 1.165) is 15.1 Å². The third kappa shape index (κ3) is 2.23. The first kappa shape index (κ1) is 11.1. The van der Waals surface area contributed by atoms with Gasteiger partial charge in [0.1, 0.15) is 10.6 Å². The predicted octanol–water partition coefficient (Wildman–Crippen LogP) is 1.37. The smallest absolute Gasteiger partial charge is 0.223 e. The molecule has 4 N–H and O–H groups in total. The molecule has 2 aromatic rings. The molecule has 0 aromatic carbocycles. The van der Waals surface area contributed by atoms with Crippen molar-refractivity contribution in [3.05, 3.63) is 10.9 Å². The van der Waals surface area contributed by atoms with Gasteiger partial charge in [-0.3, -0.25) is 0 Å². The number of thiophene rings is 1. The Hall–Kier alpha value is -1.40. The van der Waals surface area contributed by atoms with Crippen LogP contribution in [0.5, 0.6) is 0 Å². The summed E-state index contributed by atoms with van der Waals surface area (Å²) in [7, 11) is 0. The van der Waals surface area contributed by atoms with Crippen molar-refractivity contribution in [1.82, 2.24) is 9.97 Å². The molecular weight excluding hydrogens is 224 g/mol. The van der Waals surface area contributed by atoms with Crippen molar-refractivity contribution < 1.29 is 5.11 Å².